The van der Waals surface area contributed by atoms with Crippen molar-refractivity contribution < 1.29 is 23.2 Å². The number of H-pyrrole nitrogens is 1. The number of ether oxygens (including phenoxy) is 3. The van der Waals surface area contributed by atoms with Gasteiger partial charge < -0.3 is 24.9 Å². The molecule has 3 heterocycles. The van der Waals surface area contributed by atoms with Crippen LogP contribution in [0, 0.1) is 0 Å². The minimum Gasteiger partial charge on any atom is -0.491 e. The summed E-state index contributed by atoms with van der Waals surface area (Å²) in [5.41, 5.74) is 7.43. The average molecular weight is 571 g/mol. The lowest BCUT2D eigenvalue weighted by Gasteiger charge is -2.31. The van der Waals surface area contributed by atoms with Gasteiger partial charge in [0, 0.05) is 46.8 Å². The molecule has 0 spiro atoms. The molecule has 2 aromatic heterocycles. The maximum absolute atomic E-state index is 13.6. The second kappa shape index (κ2) is 13.7. The zero-order valence-corrected chi connectivity index (χ0v) is 23.3. The molecule has 2 unspecified atom stereocenters. The number of nitrogens with zero attached hydrogens (tertiary/aromatic N) is 2. The van der Waals surface area contributed by atoms with Gasteiger partial charge in [0.15, 0.2) is 6.29 Å². The van der Waals surface area contributed by atoms with Crippen LogP contribution in [0.3, 0.4) is 0 Å². The summed E-state index contributed by atoms with van der Waals surface area (Å²) in [4.78, 5) is 19.5. The first-order valence-electron chi connectivity index (χ1n) is 12.5. The molecule has 39 heavy (non-hydrogen) atoms. The van der Waals surface area contributed by atoms with Gasteiger partial charge in [-0.25, -0.2) is 13.5 Å². The van der Waals surface area contributed by atoms with Gasteiger partial charge in [-0.1, -0.05) is 23.7 Å². The van der Waals surface area contributed by atoms with Gasteiger partial charge in [-0.2, -0.15) is 0 Å². The molecule has 1 saturated heterocycles. The number of nitrogens with one attached hydrogen (secondary N) is 1. The van der Waals surface area contributed by atoms with Crippen molar-refractivity contribution in [3.8, 4) is 22.8 Å². The Hall–Kier alpha value is -3.28. The van der Waals surface area contributed by atoms with E-state index in [0.29, 0.717) is 71.6 Å². The Morgan fingerprint density at radius 1 is 1.18 bits per heavy atom. The third-order valence-corrected chi connectivity index (χ3v) is 7.83. The number of nitrogens with two attached hydrogens (primary N) is 1. The van der Waals surface area contributed by atoms with Crippen LogP contribution in [-0.2, 0) is 15.7 Å². The van der Waals surface area contributed by atoms with E-state index in [1.54, 1.807) is 28.7 Å². The van der Waals surface area contributed by atoms with Crippen molar-refractivity contribution in [2.24, 2.45) is 5.73 Å². The highest BCUT2D eigenvalue weighted by atomic mass is 35.5. The molecule has 11 heteroatoms. The number of aromatic amines is 1. The summed E-state index contributed by atoms with van der Waals surface area (Å²) in [5, 5.41) is 1.19. The molecular weight excluding hydrogens is 540 g/mol. The number of aromatic nitrogens is 2. The number of halogens is 1. The Morgan fingerprint density at radius 2 is 2.03 bits per heavy atom. The number of benzene rings is 2. The third kappa shape index (κ3) is 6.84. The molecule has 5 rings (SSSR count). The number of morpholine rings is 1. The average Bonchev–Trinajstić information content (AvgIpc) is 3.35. The number of hydrogen-bond acceptors (Lipinski definition) is 7. The fourth-order valence-electron chi connectivity index (χ4n) is 4.24. The van der Waals surface area contributed by atoms with Crippen LogP contribution < -0.4 is 15.2 Å². The van der Waals surface area contributed by atoms with Gasteiger partial charge in [-0.3, -0.25) is 4.79 Å². The summed E-state index contributed by atoms with van der Waals surface area (Å²) in [5.74, 6) is 1.29. The fourth-order valence-corrected chi connectivity index (χ4v) is 5.86. The molecule has 0 amide bonds. The molecule has 0 radical (unpaired) electrons. The molecule has 0 saturated carbocycles. The number of fused-ring (bicyclic) bond motifs is 1. The Kier molecular flexibility index (Phi) is 10.1. The summed E-state index contributed by atoms with van der Waals surface area (Å²) in [6, 6.07) is 16.8. The van der Waals surface area contributed by atoms with E-state index in [1.165, 1.54) is 7.05 Å². The van der Waals surface area contributed by atoms with Crippen LogP contribution in [0.2, 0.25) is 5.02 Å². The highest BCUT2D eigenvalue weighted by Gasteiger charge is 2.29. The second-order valence-electron chi connectivity index (χ2n) is 8.46. The highest BCUT2D eigenvalue weighted by Crippen LogP contribution is 2.30. The van der Waals surface area contributed by atoms with E-state index in [-0.39, 0.29) is 11.8 Å². The third-order valence-electron chi connectivity index (χ3n) is 6.00. The van der Waals surface area contributed by atoms with Crippen LogP contribution >= 0.6 is 11.6 Å². The number of rotatable bonds is 9. The number of carbonyl (C=O) groups excluding carboxylic acids is 1. The Balaban J connectivity index is 0.00000172. The maximum atomic E-state index is 13.6. The van der Waals surface area contributed by atoms with Crippen molar-refractivity contribution in [1.82, 2.24) is 14.3 Å². The fraction of sp³-hybridized carbons (Fsp3) is 0.286. The van der Waals surface area contributed by atoms with Crippen molar-refractivity contribution in [2.45, 2.75) is 17.9 Å². The summed E-state index contributed by atoms with van der Waals surface area (Å²) >= 11 is 6.17. The number of carbonyl (C=O) groups is 1. The molecule has 2 aromatic carbocycles. The van der Waals surface area contributed by atoms with E-state index in [4.69, 9.17) is 25.8 Å². The van der Waals surface area contributed by atoms with E-state index in [2.05, 4.69) is 15.7 Å². The largest absolute Gasteiger partial charge is 0.491 e. The van der Waals surface area contributed by atoms with Gasteiger partial charge in [0.25, 0.3) is 0 Å². The molecule has 4 aromatic rings. The van der Waals surface area contributed by atoms with Crippen LogP contribution in [0.4, 0.5) is 0 Å². The van der Waals surface area contributed by atoms with E-state index in [9.17, 15) is 9.00 Å². The van der Waals surface area contributed by atoms with E-state index in [0.717, 1.165) is 11.1 Å². The first-order valence-corrected chi connectivity index (χ1v) is 14.0. The summed E-state index contributed by atoms with van der Waals surface area (Å²) in [7, 11) is -0.0746. The molecule has 1 fully saturated rings. The summed E-state index contributed by atoms with van der Waals surface area (Å²) < 4.78 is 32.7. The molecule has 1 aliphatic rings. The van der Waals surface area contributed by atoms with E-state index >= 15 is 0 Å². The number of hydrogen-bond donors (Lipinski definition) is 2. The maximum Gasteiger partial charge on any atom is 0.213 e. The Labute approximate surface area is 234 Å². The summed E-state index contributed by atoms with van der Waals surface area (Å²) in [6.07, 6.45) is 2.17. The number of pyridine rings is 1. The smallest absolute Gasteiger partial charge is 0.213 e. The van der Waals surface area contributed by atoms with Gasteiger partial charge in [-0.15, -0.1) is 0 Å². The van der Waals surface area contributed by atoms with Crippen molar-refractivity contribution in [3.63, 3.8) is 0 Å². The van der Waals surface area contributed by atoms with Gasteiger partial charge in [0.1, 0.15) is 29.4 Å². The zero-order chi connectivity index (χ0) is 27.8. The van der Waals surface area contributed by atoms with Crippen molar-refractivity contribution in [1.29, 1.82) is 0 Å². The molecule has 9 nitrogen and oxygen atoms in total. The van der Waals surface area contributed by atoms with Crippen LogP contribution in [0.25, 0.3) is 22.0 Å². The van der Waals surface area contributed by atoms with E-state index < -0.39 is 11.0 Å². The predicted octanol–water partition coefficient (Wildman–Crippen LogP) is 4.47. The standard InChI is InChI=1S/C27H26ClN3O5S.CH5N/c1-2-34-26-9-6-19(14-29-26)18-4-3-5-21(12-18)36-17-22-15-31(10-11-35-22)37(33)27-23-13-20(28)7-8-24(23)30-25(27)16-32;1-2/h3-9,12-14,16,22,30H,2,10-11,15,17H2,1H3;2H2,1H3. The first kappa shape index (κ1) is 28.7. The van der Waals surface area contributed by atoms with Gasteiger partial charge in [-0.05, 0) is 55.9 Å². The molecule has 0 bridgehead atoms. The molecule has 0 aliphatic carbocycles. The molecule has 206 valence electrons. The quantitative estimate of drug-likeness (QED) is 0.285. The SMILES string of the molecule is CCOc1ccc(-c2cccc(OCC3CN(S(=O)c4c(C=O)[nH]c5ccc(Cl)cc45)CCO3)c2)cn1.CN. The molecule has 1 aliphatic heterocycles. The van der Waals surface area contributed by atoms with Crippen LogP contribution in [-0.4, -0.2) is 70.8 Å². The molecule has 3 N–H and O–H groups in total. The lowest BCUT2D eigenvalue weighted by Crippen LogP contribution is -2.45. The minimum absolute atomic E-state index is 0.287. The van der Waals surface area contributed by atoms with Crippen LogP contribution in [0.1, 0.15) is 17.4 Å². The summed E-state index contributed by atoms with van der Waals surface area (Å²) in [6.45, 7) is 4.04. The van der Waals surface area contributed by atoms with Crippen LogP contribution in [0.5, 0.6) is 11.6 Å². The predicted molar refractivity (Wildman–Crippen MR) is 153 cm³/mol. The molecular formula is C28H31ClN4O5S. The number of aldehydes is 1. The minimum atomic E-state index is -1.57. The van der Waals surface area contributed by atoms with Crippen molar-refractivity contribution >= 4 is 39.8 Å². The van der Waals surface area contributed by atoms with E-state index in [1.807, 2.05) is 43.3 Å². The van der Waals surface area contributed by atoms with Gasteiger partial charge in [0.2, 0.25) is 5.88 Å². The van der Waals surface area contributed by atoms with Crippen molar-refractivity contribution in [3.05, 3.63) is 71.5 Å². The Morgan fingerprint density at radius 3 is 2.77 bits per heavy atom. The van der Waals surface area contributed by atoms with Gasteiger partial charge >= 0.3 is 0 Å². The van der Waals surface area contributed by atoms with Crippen molar-refractivity contribution in [2.75, 3.05) is 40.0 Å². The van der Waals surface area contributed by atoms with Crippen LogP contribution in [0.15, 0.2) is 65.7 Å². The second-order valence-corrected chi connectivity index (χ2v) is 10.3. The normalized spacial score (nSPS) is 16.3. The zero-order valence-electron chi connectivity index (χ0n) is 21.8. The highest BCUT2D eigenvalue weighted by molar-refractivity contribution is 7.83. The monoisotopic (exact) mass is 570 g/mol. The Bertz CT molecular complexity index is 1430. The topological polar surface area (TPSA) is 120 Å². The van der Waals surface area contributed by atoms with Gasteiger partial charge in [0.05, 0.1) is 23.8 Å². The molecule has 2 atom stereocenters. The lowest BCUT2D eigenvalue weighted by molar-refractivity contribution is -0.0237. The first-order chi connectivity index (χ1) is 19.1. The lowest BCUT2D eigenvalue weighted by atomic mass is 10.1.